The molecule has 0 aliphatic rings. The maximum atomic E-state index is 12.2. The van der Waals surface area contributed by atoms with Crippen molar-refractivity contribution in [1.82, 2.24) is 10.5 Å². The molecule has 0 saturated carbocycles. The molecule has 0 aliphatic carbocycles. The Hall–Kier alpha value is -1.01. The quantitative estimate of drug-likeness (QED) is 0.747. The predicted octanol–water partition coefficient (Wildman–Crippen LogP) is 0.780. The lowest BCUT2D eigenvalue weighted by Gasteiger charge is -2.22. The zero-order valence-corrected chi connectivity index (χ0v) is 7.70. The van der Waals surface area contributed by atoms with Gasteiger partial charge in [0.1, 0.15) is 11.9 Å². The predicted molar refractivity (Wildman–Crippen MR) is 44.8 cm³/mol. The summed E-state index contributed by atoms with van der Waals surface area (Å²) in [6.07, 6.45) is -1.38. The first-order valence-corrected chi connectivity index (χ1v) is 4.13. The SMILES string of the molecule is CC(O)(CNCc1ccon1)C(F)F. The first-order valence-electron chi connectivity index (χ1n) is 4.13. The molecule has 0 aromatic carbocycles. The van der Waals surface area contributed by atoms with Crippen molar-refractivity contribution >= 4 is 0 Å². The number of halogens is 2. The second kappa shape index (κ2) is 4.47. The molecule has 4 nitrogen and oxygen atoms in total. The second-order valence-corrected chi connectivity index (χ2v) is 3.25. The van der Waals surface area contributed by atoms with E-state index in [0.717, 1.165) is 6.92 Å². The largest absolute Gasteiger partial charge is 0.383 e. The Bertz CT molecular complexity index is 262. The van der Waals surface area contributed by atoms with Crippen LogP contribution in [0.5, 0.6) is 0 Å². The van der Waals surface area contributed by atoms with Crippen molar-refractivity contribution in [2.45, 2.75) is 25.5 Å². The molecule has 1 aromatic rings. The molecule has 1 atom stereocenters. The van der Waals surface area contributed by atoms with E-state index in [1.165, 1.54) is 6.26 Å². The van der Waals surface area contributed by atoms with E-state index >= 15 is 0 Å². The highest BCUT2D eigenvalue weighted by Crippen LogP contribution is 2.13. The number of nitrogens with one attached hydrogen (secondary N) is 1. The summed E-state index contributed by atoms with van der Waals surface area (Å²) in [5, 5.41) is 15.4. The molecule has 80 valence electrons. The molecule has 2 N–H and O–H groups in total. The van der Waals surface area contributed by atoms with Crippen molar-refractivity contribution < 1.29 is 18.4 Å². The Morgan fingerprint density at radius 3 is 2.93 bits per heavy atom. The summed E-state index contributed by atoms with van der Waals surface area (Å²) in [6, 6.07) is 1.62. The molecule has 0 fully saturated rings. The van der Waals surface area contributed by atoms with Crippen LogP contribution >= 0.6 is 0 Å². The van der Waals surface area contributed by atoms with E-state index in [-0.39, 0.29) is 6.54 Å². The van der Waals surface area contributed by atoms with Crippen LogP contribution < -0.4 is 5.32 Å². The van der Waals surface area contributed by atoms with Gasteiger partial charge in [-0.15, -0.1) is 0 Å². The van der Waals surface area contributed by atoms with Crippen LogP contribution in [0.3, 0.4) is 0 Å². The molecule has 14 heavy (non-hydrogen) atoms. The summed E-state index contributed by atoms with van der Waals surface area (Å²) < 4.78 is 28.9. The maximum absolute atomic E-state index is 12.2. The topological polar surface area (TPSA) is 58.3 Å². The van der Waals surface area contributed by atoms with Gasteiger partial charge in [-0.3, -0.25) is 0 Å². The smallest absolute Gasteiger partial charge is 0.267 e. The Morgan fingerprint density at radius 2 is 2.43 bits per heavy atom. The summed E-state index contributed by atoms with van der Waals surface area (Å²) in [6.45, 7) is 1.17. The number of nitrogens with zero attached hydrogens (tertiary/aromatic N) is 1. The number of hydrogen-bond donors (Lipinski definition) is 2. The number of rotatable bonds is 5. The molecule has 1 heterocycles. The van der Waals surface area contributed by atoms with Crippen LogP contribution in [-0.2, 0) is 6.54 Å². The van der Waals surface area contributed by atoms with Gasteiger partial charge in [0.25, 0.3) is 6.43 Å². The molecule has 0 radical (unpaired) electrons. The van der Waals surface area contributed by atoms with Gasteiger partial charge in [-0.1, -0.05) is 5.16 Å². The van der Waals surface area contributed by atoms with Crippen molar-refractivity contribution in [3.63, 3.8) is 0 Å². The van der Waals surface area contributed by atoms with E-state index in [2.05, 4.69) is 15.0 Å². The molecule has 0 spiro atoms. The summed E-state index contributed by atoms with van der Waals surface area (Å²) >= 11 is 0. The normalized spacial score (nSPS) is 15.8. The first kappa shape index (κ1) is 11.1. The minimum Gasteiger partial charge on any atom is -0.383 e. The highest BCUT2D eigenvalue weighted by molar-refractivity contribution is 4.94. The van der Waals surface area contributed by atoms with Crippen LogP contribution in [0, 0.1) is 0 Å². The highest BCUT2D eigenvalue weighted by Gasteiger charge is 2.31. The van der Waals surface area contributed by atoms with Crippen molar-refractivity contribution in [2.24, 2.45) is 0 Å². The summed E-state index contributed by atoms with van der Waals surface area (Å²) in [7, 11) is 0. The molecular weight excluding hydrogens is 194 g/mol. The lowest BCUT2D eigenvalue weighted by Crippen LogP contribution is -2.43. The van der Waals surface area contributed by atoms with Crippen LogP contribution in [0.15, 0.2) is 16.9 Å². The zero-order chi connectivity index (χ0) is 10.6. The molecule has 1 unspecified atom stereocenters. The van der Waals surface area contributed by atoms with Crippen LogP contribution in [0.4, 0.5) is 8.78 Å². The van der Waals surface area contributed by atoms with Crippen molar-refractivity contribution in [3.05, 3.63) is 18.0 Å². The van der Waals surface area contributed by atoms with Gasteiger partial charge >= 0.3 is 0 Å². The maximum Gasteiger partial charge on any atom is 0.267 e. The molecule has 0 amide bonds. The standard InChI is InChI=1S/C8H12F2N2O2/c1-8(13,7(9)10)5-11-4-6-2-3-14-12-6/h2-3,7,11,13H,4-5H2,1H3. The second-order valence-electron chi connectivity index (χ2n) is 3.25. The fraction of sp³-hybridized carbons (Fsp3) is 0.625. The van der Waals surface area contributed by atoms with Crippen LogP contribution in [-0.4, -0.2) is 28.8 Å². The minimum absolute atomic E-state index is 0.197. The van der Waals surface area contributed by atoms with E-state index < -0.39 is 12.0 Å². The van der Waals surface area contributed by atoms with Crippen molar-refractivity contribution in [1.29, 1.82) is 0 Å². The van der Waals surface area contributed by atoms with E-state index in [1.807, 2.05) is 0 Å². The molecule has 1 aromatic heterocycles. The number of hydrogen-bond acceptors (Lipinski definition) is 4. The lowest BCUT2D eigenvalue weighted by molar-refractivity contribution is -0.0809. The monoisotopic (exact) mass is 206 g/mol. The van der Waals surface area contributed by atoms with Gasteiger partial charge in [-0.2, -0.15) is 0 Å². The Kier molecular flexibility index (Phi) is 3.54. The number of aromatic nitrogens is 1. The van der Waals surface area contributed by atoms with Gasteiger partial charge in [-0.05, 0) is 6.92 Å². The van der Waals surface area contributed by atoms with Crippen molar-refractivity contribution in [3.8, 4) is 0 Å². The van der Waals surface area contributed by atoms with Crippen molar-refractivity contribution in [2.75, 3.05) is 6.54 Å². The Balaban J connectivity index is 2.28. The van der Waals surface area contributed by atoms with Crippen LogP contribution in [0.25, 0.3) is 0 Å². The van der Waals surface area contributed by atoms with Gasteiger partial charge < -0.3 is 14.9 Å². The third-order valence-corrected chi connectivity index (χ3v) is 1.75. The zero-order valence-electron chi connectivity index (χ0n) is 7.70. The molecule has 1 rings (SSSR count). The summed E-state index contributed by atoms with van der Waals surface area (Å²) in [5.41, 5.74) is -1.40. The van der Waals surface area contributed by atoms with Crippen LogP contribution in [0.1, 0.15) is 12.6 Å². The lowest BCUT2D eigenvalue weighted by atomic mass is 10.1. The van der Waals surface area contributed by atoms with E-state index in [9.17, 15) is 8.78 Å². The fourth-order valence-electron chi connectivity index (χ4n) is 0.850. The van der Waals surface area contributed by atoms with Gasteiger partial charge in [0, 0.05) is 19.2 Å². The third-order valence-electron chi connectivity index (χ3n) is 1.75. The highest BCUT2D eigenvalue weighted by atomic mass is 19.3. The van der Waals surface area contributed by atoms with Gasteiger partial charge in [-0.25, -0.2) is 8.78 Å². The van der Waals surface area contributed by atoms with Gasteiger partial charge in [0.05, 0.1) is 5.69 Å². The molecule has 0 saturated heterocycles. The average Bonchev–Trinajstić information content (AvgIpc) is 2.56. The van der Waals surface area contributed by atoms with Gasteiger partial charge in [0.15, 0.2) is 0 Å². The van der Waals surface area contributed by atoms with E-state index in [0.29, 0.717) is 12.2 Å². The molecular formula is C8H12F2N2O2. The summed E-state index contributed by atoms with van der Waals surface area (Å²) in [5.74, 6) is 0. The number of aliphatic hydroxyl groups is 1. The molecule has 0 aliphatic heterocycles. The fourth-order valence-corrected chi connectivity index (χ4v) is 0.850. The molecule has 6 heteroatoms. The van der Waals surface area contributed by atoms with E-state index in [1.54, 1.807) is 6.07 Å². The average molecular weight is 206 g/mol. The van der Waals surface area contributed by atoms with Crippen LogP contribution in [0.2, 0.25) is 0 Å². The Morgan fingerprint density at radius 1 is 1.71 bits per heavy atom. The summed E-state index contributed by atoms with van der Waals surface area (Å²) in [4.78, 5) is 0. The molecule has 0 bridgehead atoms. The third kappa shape index (κ3) is 3.04. The van der Waals surface area contributed by atoms with Gasteiger partial charge in [0.2, 0.25) is 0 Å². The van der Waals surface area contributed by atoms with E-state index in [4.69, 9.17) is 5.11 Å². The minimum atomic E-state index is -2.77. The number of alkyl halides is 2. The Labute approximate surface area is 79.9 Å². The first-order chi connectivity index (χ1) is 6.52.